The van der Waals surface area contributed by atoms with E-state index in [1.807, 2.05) is 13.0 Å². The van der Waals surface area contributed by atoms with E-state index >= 15 is 0 Å². The minimum Gasteiger partial charge on any atom is -0.485 e. The fourth-order valence-corrected chi connectivity index (χ4v) is 2.54. The van der Waals surface area contributed by atoms with Crippen molar-refractivity contribution in [1.29, 1.82) is 0 Å². The molecule has 0 fully saturated rings. The van der Waals surface area contributed by atoms with Gasteiger partial charge in [-0.15, -0.1) is 0 Å². The molecule has 0 atom stereocenters. The summed E-state index contributed by atoms with van der Waals surface area (Å²) in [6, 6.07) is 8.08. The van der Waals surface area contributed by atoms with E-state index < -0.39 is 10.1 Å². The summed E-state index contributed by atoms with van der Waals surface area (Å²) in [6.45, 7) is 5.27. The number of aryl methyl sites for hydroxylation is 1. The molecule has 2 aromatic rings. The molecule has 1 N–H and O–H groups in total. The number of carbonyl (C=O) groups is 1. The van der Waals surface area contributed by atoms with Crippen LogP contribution in [0.2, 0.25) is 0 Å². The average molecular weight is 322 g/mol. The van der Waals surface area contributed by atoms with E-state index in [1.54, 1.807) is 26.0 Å². The third kappa shape index (κ3) is 3.64. The normalized spacial score (nSPS) is 11.9. The highest BCUT2D eigenvalue weighted by atomic mass is 32.2. The molecule has 0 saturated heterocycles. The zero-order chi connectivity index (χ0) is 16.5. The molecule has 0 aromatic heterocycles. The first kappa shape index (κ1) is 16.5. The highest BCUT2D eigenvalue weighted by Gasteiger charge is 2.16. The van der Waals surface area contributed by atoms with E-state index in [0.717, 1.165) is 5.56 Å². The van der Waals surface area contributed by atoms with Crippen LogP contribution < -0.4 is 4.74 Å². The Bertz CT molecular complexity index is 822. The van der Waals surface area contributed by atoms with Crippen LogP contribution in [0.5, 0.6) is 5.75 Å². The first-order chi connectivity index (χ1) is 10.2. The Labute approximate surface area is 129 Å². The molecular weight excluding hydrogens is 304 g/mol. The Hall–Kier alpha value is -1.92. The molecule has 0 spiro atoms. The van der Waals surface area contributed by atoms with Gasteiger partial charge in [0.1, 0.15) is 12.4 Å². The minimum atomic E-state index is -4.35. The Balaban J connectivity index is 2.53. The van der Waals surface area contributed by atoms with Crippen LogP contribution in [-0.4, -0.2) is 25.4 Å². The molecule has 0 unspecified atom stereocenters. The topological polar surface area (TPSA) is 80.7 Å². The van der Waals surface area contributed by atoms with Crippen molar-refractivity contribution in [3.05, 3.63) is 35.9 Å². The number of rotatable bonds is 5. The van der Waals surface area contributed by atoms with Crippen LogP contribution >= 0.6 is 0 Å². The zero-order valence-corrected chi connectivity index (χ0v) is 13.5. The second kappa shape index (κ2) is 6.06. The fourth-order valence-electron chi connectivity index (χ4n) is 2.01. The second-order valence-corrected chi connectivity index (χ2v) is 6.95. The summed E-state index contributed by atoms with van der Waals surface area (Å²) in [5, 5.41) is 1.32. The van der Waals surface area contributed by atoms with Crippen molar-refractivity contribution < 1.29 is 22.5 Å². The van der Waals surface area contributed by atoms with Crippen LogP contribution in [0, 0.1) is 12.8 Å². The predicted octanol–water partition coefficient (Wildman–Crippen LogP) is 3.00. The van der Waals surface area contributed by atoms with Crippen molar-refractivity contribution in [2.24, 2.45) is 5.92 Å². The van der Waals surface area contributed by atoms with Gasteiger partial charge in [-0.1, -0.05) is 37.6 Å². The first-order valence-corrected chi connectivity index (χ1v) is 8.30. The molecule has 118 valence electrons. The summed E-state index contributed by atoms with van der Waals surface area (Å²) in [4.78, 5) is 11.4. The number of Topliss-reactive ketones (excluding diaryl/α,β-unsaturated/α-hetero) is 1. The van der Waals surface area contributed by atoms with Crippen molar-refractivity contribution in [3.8, 4) is 5.75 Å². The monoisotopic (exact) mass is 322 g/mol. The molecule has 6 heteroatoms. The van der Waals surface area contributed by atoms with Crippen LogP contribution in [-0.2, 0) is 14.9 Å². The van der Waals surface area contributed by atoms with Gasteiger partial charge in [-0.3, -0.25) is 9.35 Å². The summed E-state index contributed by atoms with van der Waals surface area (Å²) in [5.41, 5.74) is 0.948. The van der Waals surface area contributed by atoms with Gasteiger partial charge in [0, 0.05) is 17.4 Å². The minimum absolute atomic E-state index is 0.0856. The number of carbonyl (C=O) groups excluding carboxylic acids is 1. The highest BCUT2D eigenvalue weighted by molar-refractivity contribution is 7.85. The summed E-state index contributed by atoms with van der Waals surface area (Å²) in [6.07, 6.45) is 0. The molecule has 2 aromatic carbocycles. The van der Waals surface area contributed by atoms with Gasteiger partial charge in [0.2, 0.25) is 0 Å². The van der Waals surface area contributed by atoms with E-state index in [0.29, 0.717) is 10.8 Å². The Morgan fingerprint density at radius 1 is 1.23 bits per heavy atom. The van der Waals surface area contributed by atoms with Gasteiger partial charge in [0.25, 0.3) is 10.1 Å². The van der Waals surface area contributed by atoms with Gasteiger partial charge in [-0.05, 0) is 18.4 Å². The van der Waals surface area contributed by atoms with Crippen molar-refractivity contribution in [3.63, 3.8) is 0 Å². The summed E-state index contributed by atoms with van der Waals surface area (Å²) < 4.78 is 37.5. The van der Waals surface area contributed by atoms with Gasteiger partial charge in [-0.2, -0.15) is 8.42 Å². The van der Waals surface area contributed by atoms with Crippen LogP contribution in [0.25, 0.3) is 10.8 Å². The molecule has 5 nitrogen and oxygen atoms in total. The van der Waals surface area contributed by atoms with E-state index in [1.165, 1.54) is 12.1 Å². The van der Waals surface area contributed by atoms with Crippen LogP contribution in [0.4, 0.5) is 0 Å². The number of ether oxygens (including phenoxy) is 1. The summed E-state index contributed by atoms with van der Waals surface area (Å²) in [7, 11) is -4.35. The predicted molar refractivity (Wildman–Crippen MR) is 83.8 cm³/mol. The van der Waals surface area contributed by atoms with Crippen molar-refractivity contribution in [2.45, 2.75) is 25.7 Å². The van der Waals surface area contributed by atoms with Crippen molar-refractivity contribution in [1.82, 2.24) is 0 Å². The lowest BCUT2D eigenvalue weighted by Gasteiger charge is -2.12. The van der Waals surface area contributed by atoms with Gasteiger partial charge >= 0.3 is 0 Å². The molecular formula is C16H18O5S. The third-order valence-corrected chi connectivity index (χ3v) is 4.19. The lowest BCUT2D eigenvalue weighted by atomic mass is 10.1. The lowest BCUT2D eigenvalue weighted by molar-refractivity contribution is -0.123. The van der Waals surface area contributed by atoms with E-state index in [9.17, 15) is 17.8 Å². The molecule has 0 saturated carbocycles. The largest absolute Gasteiger partial charge is 0.485 e. The number of ketones is 1. The Morgan fingerprint density at radius 2 is 1.91 bits per heavy atom. The highest BCUT2D eigenvalue weighted by Crippen LogP contribution is 2.30. The number of benzene rings is 2. The fraction of sp³-hybridized carbons (Fsp3) is 0.312. The zero-order valence-electron chi connectivity index (χ0n) is 12.7. The summed E-state index contributed by atoms with van der Waals surface area (Å²) >= 11 is 0. The Kier molecular flexibility index (Phi) is 4.53. The molecule has 0 aliphatic heterocycles. The second-order valence-electron chi connectivity index (χ2n) is 5.53. The molecule has 0 aliphatic carbocycles. The first-order valence-electron chi connectivity index (χ1n) is 6.86. The van der Waals surface area contributed by atoms with E-state index in [-0.39, 0.29) is 29.0 Å². The molecule has 0 bridgehead atoms. The van der Waals surface area contributed by atoms with Crippen LogP contribution in [0.1, 0.15) is 19.4 Å². The summed E-state index contributed by atoms with van der Waals surface area (Å²) in [5.74, 6) is 0.00918. The van der Waals surface area contributed by atoms with Crippen molar-refractivity contribution in [2.75, 3.05) is 6.61 Å². The number of hydrogen-bond donors (Lipinski definition) is 1. The molecule has 22 heavy (non-hydrogen) atoms. The molecule has 0 heterocycles. The maximum Gasteiger partial charge on any atom is 0.294 e. The van der Waals surface area contributed by atoms with Gasteiger partial charge in [0.15, 0.2) is 5.78 Å². The maximum absolute atomic E-state index is 11.7. The molecule has 0 amide bonds. The molecule has 0 radical (unpaired) electrons. The molecule has 0 aliphatic rings. The SMILES string of the molecule is Cc1ccc2c(OCC(=O)C(C)C)cc(S(=O)(=O)O)cc2c1. The maximum atomic E-state index is 11.7. The van der Waals surface area contributed by atoms with Gasteiger partial charge in [-0.25, -0.2) is 0 Å². The van der Waals surface area contributed by atoms with E-state index in [4.69, 9.17) is 4.74 Å². The number of hydrogen-bond acceptors (Lipinski definition) is 4. The third-order valence-electron chi connectivity index (χ3n) is 3.36. The van der Waals surface area contributed by atoms with Crippen LogP contribution in [0.15, 0.2) is 35.2 Å². The lowest BCUT2D eigenvalue weighted by Crippen LogP contribution is -2.17. The van der Waals surface area contributed by atoms with Crippen molar-refractivity contribution >= 4 is 26.7 Å². The van der Waals surface area contributed by atoms with Crippen LogP contribution in [0.3, 0.4) is 0 Å². The Morgan fingerprint density at radius 3 is 2.50 bits per heavy atom. The average Bonchev–Trinajstić information content (AvgIpc) is 2.42. The molecule has 2 rings (SSSR count). The number of fused-ring (bicyclic) bond motifs is 1. The standard InChI is InChI=1S/C16H18O5S/c1-10(2)15(17)9-21-16-8-13(22(18,19)20)7-12-6-11(3)4-5-14(12)16/h4-8,10H,9H2,1-3H3,(H,18,19,20). The van der Waals surface area contributed by atoms with Gasteiger partial charge in [0.05, 0.1) is 4.90 Å². The van der Waals surface area contributed by atoms with E-state index in [2.05, 4.69) is 0 Å². The smallest absolute Gasteiger partial charge is 0.294 e. The van der Waals surface area contributed by atoms with Gasteiger partial charge < -0.3 is 4.74 Å². The quantitative estimate of drug-likeness (QED) is 0.856.